The molecule has 0 aliphatic rings. The van der Waals surface area contributed by atoms with Crippen LogP contribution in [0.25, 0.3) is 0 Å². The van der Waals surface area contributed by atoms with E-state index in [0.717, 1.165) is 5.56 Å². The van der Waals surface area contributed by atoms with Gasteiger partial charge < -0.3 is 0 Å². The Hall–Kier alpha value is -0.470. The van der Waals surface area contributed by atoms with Crippen LogP contribution in [-0.2, 0) is 0 Å². The molecule has 0 amide bonds. The molecule has 3 heteroatoms. The Morgan fingerprint density at radius 3 is 2.12 bits per heavy atom. The second kappa shape index (κ2) is 6.46. The summed E-state index contributed by atoms with van der Waals surface area (Å²) in [5.41, 5.74) is 0.741. The molecule has 1 aromatic rings. The minimum Gasteiger partial charge on any atom is -0.293 e. The summed E-state index contributed by atoms with van der Waals surface area (Å²) in [6, 6.07) is 7.11. The Morgan fingerprint density at radius 1 is 1.12 bits per heavy atom. The Bertz CT molecular complexity index is 372. The van der Waals surface area contributed by atoms with E-state index in [0.29, 0.717) is 16.2 Å². The van der Waals surface area contributed by atoms with Crippen LogP contribution in [0, 0.1) is 5.92 Å². The zero-order valence-corrected chi connectivity index (χ0v) is 12.3. The summed E-state index contributed by atoms with van der Waals surface area (Å²) in [6.07, 6.45) is 0. The van der Waals surface area contributed by atoms with Crippen molar-refractivity contribution in [2.45, 2.75) is 38.2 Å². The quantitative estimate of drug-likeness (QED) is 0.722. The van der Waals surface area contributed by atoms with Crippen molar-refractivity contribution < 1.29 is 4.79 Å². The van der Waals surface area contributed by atoms with Crippen molar-refractivity contribution in [1.29, 1.82) is 0 Å². The number of Topliss-reactive ketones (excluding diaryl/α,β-unsaturated/α-hetero) is 1. The lowest BCUT2D eigenvalue weighted by atomic mass is 10.1. The monoisotopic (exact) mass is 270 g/mol. The highest BCUT2D eigenvalue weighted by Gasteiger charge is 2.19. The molecule has 0 saturated carbocycles. The maximum absolute atomic E-state index is 12.2. The van der Waals surface area contributed by atoms with Gasteiger partial charge in [-0.2, -0.15) is 0 Å². The van der Waals surface area contributed by atoms with Gasteiger partial charge in [0.15, 0.2) is 5.78 Å². The SMILES string of the molecule is CC(SC(C)C(C)C)C(=O)c1ccc(Cl)cc1. The van der Waals surface area contributed by atoms with Gasteiger partial charge in [0.1, 0.15) is 0 Å². The van der Waals surface area contributed by atoms with E-state index >= 15 is 0 Å². The Kier molecular flexibility index (Phi) is 5.54. The molecule has 0 aliphatic carbocycles. The molecule has 0 saturated heterocycles. The Balaban J connectivity index is 2.66. The highest BCUT2D eigenvalue weighted by Crippen LogP contribution is 2.26. The van der Waals surface area contributed by atoms with Crippen molar-refractivity contribution in [2.24, 2.45) is 5.92 Å². The van der Waals surface area contributed by atoms with E-state index in [1.807, 2.05) is 6.92 Å². The van der Waals surface area contributed by atoms with E-state index in [1.54, 1.807) is 36.0 Å². The summed E-state index contributed by atoms with van der Waals surface area (Å²) in [5, 5.41) is 1.15. The van der Waals surface area contributed by atoms with Gasteiger partial charge in [-0.3, -0.25) is 4.79 Å². The third-order valence-corrected chi connectivity index (χ3v) is 4.70. The number of rotatable bonds is 5. The number of benzene rings is 1. The molecule has 0 spiro atoms. The maximum Gasteiger partial charge on any atom is 0.175 e. The van der Waals surface area contributed by atoms with Crippen LogP contribution in [-0.4, -0.2) is 16.3 Å². The fraction of sp³-hybridized carbons (Fsp3) is 0.500. The molecule has 0 N–H and O–H groups in total. The number of carbonyl (C=O) groups is 1. The lowest BCUT2D eigenvalue weighted by Crippen LogP contribution is -2.19. The highest BCUT2D eigenvalue weighted by molar-refractivity contribution is 8.01. The number of halogens is 1. The van der Waals surface area contributed by atoms with Crippen molar-refractivity contribution in [3.63, 3.8) is 0 Å². The van der Waals surface area contributed by atoms with Crippen LogP contribution in [0.15, 0.2) is 24.3 Å². The standard InChI is InChI=1S/C14H19ClOS/c1-9(2)10(3)17-11(4)14(16)12-5-7-13(15)8-6-12/h5-11H,1-4H3. The number of hydrogen-bond donors (Lipinski definition) is 0. The normalized spacial score (nSPS) is 14.7. The number of hydrogen-bond acceptors (Lipinski definition) is 2. The van der Waals surface area contributed by atoms with E-state index in [9.17, 15) is 4.79 Å². The third kappa shape index (κ3) is 4.36. The van der Waals surface area contributed by atoms with Gasteiger partial charge in [-0.1, -0.05) is 32.4 Å². The van der Waals surface area contributed by atoms with E-state index in [-0.39, 0.29) is 11.0 Å². The van der Waals surface area contributed by atoms with E-state index in [4.69, 9.17) is 11.6 Å². The fourth-order valence-electron chi connectivity index (χ4n) is 1.39. The second-order valence-electron chi connectivity index (χ2n) is 4.60. The molecule has 0 fully saturated rings. The zero-order valence-electron chi connectivity index (χ0n) is 10.7. The topological polar surface area (TPSA) is 17.1 Å². The van der Waals surface area contributed by atoms with Gasteiger partial charge in [-0.15, -0.1) is 11.8 Å². The predicted molar refractivity (Wildman–Crippen MR) is 77.1 cm³/mol. The van der Waals surface area contributed by atoms with Gasteiger partial charge >= 0.3 is 0 Å². The van der Waals surface area contributed by atoms with Crippen molar-refractivity contribution >= 4 is 29.1 Å². The Labute approximate surface area is 113 Å². The molecule has 1 nitrogen and oxygen atoms in total. The van der Waals surface area contributed by atoms with Crippen LogP contribution in [0.2, 0.25) is 5.02 Å². The van der Waals surface area contributed by atoms with Gasteiger partial charge in [-0.05, 0) is 37.1 Å². The van der Waals surface area contributed by atoms with Crippen LogP contribution in [0.1, 0.15) is 38.1 Å². The largest absolute Gasteiger partial charge is 0.293 e. The first kappa shape index (κ1) is 14.6. The zero-order chi connectivity index (χ0) is 13.0. The predicted octanol–water partition coefficient (Wildman–Crippen LogP) is 4.69. The average molecular weight is 271 g/mol. The summed E-state index contributed by atoms with van der Waals surface area (Å²) < 4.78 is 0. The molecule has 1 aromatic carbocycles. The van der Waals surface area contributed by atoms with Gasteiger partial charge in [0.2, 0.25) is 0 Å². The first-order valence-electron chi connectivity index (χ1n) is 5.87. The molecule has 94 valence electrons. The highest BCUT2D eigenvalue weighted by atomic mass is 35.5. The van der Waals surface area contributed by atoms with Crippen molar-refractivity contribution in [1.82, 2.24) is 0 Å². The molecule has 0 aliphatic heterocycles. The fourth-order valence-corrected chi connectivity index (χ4v) is 2.73. The van der Waals surface area contributed by atoms with Crippen molar-refractivity contribution in [2.75, 3.05) is 0 Å². The summed E-state index contributed by atoms with van der Waals surface area (Å²) in [5.74, 6) is 0.764. The minimum absolute atomic E-state index is 0.00595. The molecule has 0 radical (unpaired) electrons. The van der Waals surface area contributed by atoms with E-state index < -0.39 is 0 Å². The van der Waals surface area contributed by atoms with E-state index in [2.05, 4.69) is 20.8 Å². The molecule has 0 heterocycles. The molecule has 2 atom stereocenters. The summed E-state index contributed by atoms with van der Waals surface area (Å²) >= 11 is 7.54. The lowest BCUT2D eigenvalue weighted by molar-refractivity contribution is 0.0993. The van der Waals surface area contributed by atoms with E-state index in [1.165, 1.54) is 0 Å². The summed E-state index contributed by atoms with van der Waals surface area (Å²) in [7, 11) is 0. The third-order valence-electron chi connectivity index (χ3n) is 2.86. The first-order chi connectivity index (χ1) is 7.91. The molecular weight excluding hydrogens is 252 g/mol. The average Bonchev–Trinajstić information content (AvgIpc) is 2.28. The van der Waals surface area contributed by atoms with Crippen LogP contribution in [0.5, 0.6) is 0 Å². The van der Waals surface area contributed by atoms with Crippen LogP contribution in [0.3, 0.4) is 0 Å². The second-order valence-corrected chi connectivity index (χ2v) is 6.76. The molecule has 0 aromatic heterocycles. The number of carbonyl (C=O) groups excluding carboxylic acids is 1. The number of ketones is 1. The first-order valence-corrected chi connectivity index (χ1v) is 7.19. The summed E-state index contributed by atoms with van der Waals surface area (Å²) in [4.78, 5) is 12.2. The van der Waals surface area contributed by atoms with Crippen molar-refractivity contribution in [3.05, 3.63) is 34.9 Å². The lowest BCUT2D eigenvalue weighted by Gasteiger charge is -2.19. The van der Waals surface area contributed by atoms with Crippen LogP contribution in [0.4, 0.5) is 0 Å². The summed E-state index contributed by atoms with van der Waals surface area (Å²) in [6.45, 7) is 8.50. The molecule has 17 heavy (non-hydrogen) atoms. The van der Waals surface area contributed by atoms with Gasteiger partial charge in [-0.25, -0.2) is 0 Å². The van der Waals surface area contributed by atoms with Gasteiger partial charge in [0.05, 0.1) is 5.25 Å². The minimum atomic E-state index is -0.00595. The van der Waals surface area contributed by atoms with Crippen molar-refractivity contribution in [3.8, 4) is 0 Å². The molecular formula is C14H19ClOS. The smallest absolute Gasteiger partial charge is 0.175 e. The molecule has 1 rings (SSSR count). The number of thioether (sulfide) groups is 1. The van der Waals surface area contributed by atoms with Crippen LogP contribution < -0.4 is 0 Å². The molecule has 2 unspecified atom stereocenters. The van der Waals surface area contributed by atoms with Crippen LogP contribution >= 0.6 is 23.4 Å². The van der Waals surface area contributed by atoms with Gasteiger partial charge in [0, 0.05) is 15.8 Å². The van der Waals surface area contributed by atoms with Gasteiger partial charge in [0.25, 0.3) is 0 Å². The maximum atomic E-state index is 12.2. The Morgan fingerprint density at radius 2 is 1.65 bits per heavy atom. The molecule has 0 bridgehead atoms.